The van der Waals surface area contributed by atoms with Crippen molar-refractivity contribution in [1.82, 2.24) is 5.16 Å². The Labute approximate surface area is 75.3 Å². The molecule has 0 N–H and O–H groups in total. The molecule has 0 amide bonds. The van der Waals surface area contributed by atoms with Crippen molar-refractivity contribution < 1.29 is 8.91 Å². The van der Waals surface area contributed by atoms with Gasteiger partial charge in [-0.1, -0.05) is 12.1 Å². The van der Waals surface area contributed by atoms with Gasteiger partial charge in [-0.2, -0.15) is 0 Å². The summed E-state index contributed by atoms with van der Waals surface area (Å²) in [7, 11) is 0. The Morgan fingerprint density at radius 3 is 3.08 bits per heavy atom. The minimum absolute atomic E-state index is 0.301. The lowest BCUT2D eigenvalue weighted by Gasteiger charge is -1.90. The van der Waals surface area contributed by atoms with Crippen molar-refractivity contribution in [2.75, 3.05) is 0 Å². The van der Waals surface area contributed by atoms with Crippen LogP contribution >= 0.6 is 0 Å². The highest BCUT2D eigenvalue weighted by Gasteiger charge is 2.07. The molecule has 2 rings (SSSR count). The first kappa shape index (κ1) is 8.23. The summed E-state index contributed by atoms with van der Waals surface area (Å²) in [6.45, 7) is 3.73. The Morgan fingerprint density at radius 2 is 2.31 bits per heavy atom. The first-order chi connectivity index (χ1) is 6.31. The van der Waals surface area contributed by atoms with E-state index in [0.29, 0.717) is 5.58 Å². The summed E-state index contributed by atoms with van der Waals surface area (Å²) in [5, 5.41) is 4.72. The molecule has 0 bridgehead atoms. The Morgan fingerprint density at radius 1 is 1.46 bits per heavy atom. The van der Waals surface area contributed by atoms with Crippen LogP contribution in [0.4, 0.5) is 4.39 Å². The Bertz CT molecular complexity index is 422. The van der Waals surface area contributed by atoms with Crippen molar-refractivity contribution in [1.29, 1.82) is 0 Å². The van der Waals surface area contributed by atoms with E-state index < -0.39 is 0 Å². The number of benzene rings is 1. The predicted octanol–water partition coefficient (Wildman–Crippen LogP) is 2.73. The molecule has 0 aliphatic carbocycles. The minimum atomic E-state index is -0.301. The van der Waals surface area contributed by atoms with Crippen molar-refractivity contribution in [3.8, 4) is 0 Å². The zero-order valence-electron chi connectivity index (χ0n) is 7.09. The molecule has 13 heavy (non-hydrogen) atoms. The molecule has 1 aromatic heterocycles. The molecular weight excluding hydrogens is 169 g/mol. The van der Waals surface area contributed by atoms with Gasteiger partial charge in [0.15, 0.2) is 5.58 Å². The van der Waals surface area contributed by atoms with E-state index in [1.807, 2.05) is 0 Å². The van der Waals surface area contributed by atoms with Gasteiger partial charge in [0.05, 0.1) is 5.69 Å². The molecule has 0 aliphatic rings. The van der Waals surface area contributed by atoms with E-state index in [9.17, 15) is 4.39 Å². The molecule has 0 fully saturated rings. The van der Waals surface area contributed by atoms with Crippen molar-refractivity contribution in [3.05, 3.63) is 36.6 Å². The summed E-state index contributed by atoms with van der Waals surface area (Å²) in [6, 6.07) is 4.44. The lowest BCUT2D eigenvalue weighted by molar-refractivity contribution is 0.444. The van der Waals surface area contributed by atoms with Crippen molar-refractivity contribution in [2.45, 2.75) is 12.8 Å². The lowest BCUT2D eigenvalue weighted by Crippen LogP contribution is -1.82. The monoisotopic (exact) mass is 178 g/mol. The van der Waals surface area contributed by atoms with E-state index in [1.54, 1.807) is 6.07 Å². The molecule has 2 aromatic rings. The van der Waals surface area contributed by atoms with Crippen LogP contribution in [0.2, 0.25) is 0 Å². The first-order valence-corrected chi connectivity index (χ1v) is 4.14. The van der Waals surface area contributed by atoms with Crippen LogP contribution in [0.3, 0.4) is 0 Å². The fourth-order valence-electron chi connectivity index (χ4n) is 1.31. The third kappa shape index (κ3) is 1.41. The third-order valence-corrected chi connectivity index (χ3v) is 1.92. The highest BCUT2D eigenvalue weighted by atomic mass is 19.1. The molecule has 0 unspecified atom stereocenters. The van der Waals surface area contributed by atoms with Gasteiger partial charge in [0.25, 0.3) is 0 Å². The number of rotatable bonds is 2. The van der Waals surface area contributed by atoms with Crippen molar-refractivity contribution >= 4 is 11.0 Å². The zero-order chi connectivity index (χ0) is 9.26. The molecule has 2 nitrogen and oxygen atoms in total. The molecule has 1 aromatic carbocycles. The van der Waals surface area contributed by atoms with Gasteiger partial charge in [-0.15, -0.1) is 0 Å². The molecular formula is C10H9FNO. The maximum atomic E-state index is 12.7. The third-order valence-electron chi connectivity index (χ3n) is 1.92. The summed E-state index contributed by atoms with van der Waals surface area (Å²) < 4.78 is 17.7. The van der Waals surface area contributed by atoms with E-state index in [2.05, 4.69) is 12.1 Å². The van der Waals surface area contributed by atoms with Gasteiger partial charge in [0.1, 0.15) is 5.82 Å². The van der Waals surface area contributed by atoms with Crippen LogP contribution in [0.25, 0.3) is 11.0 Å². The Balaban J connectivity index is 2.55. The van der Waals surface area contributed by atoms with Crippen LogP contribution in [-0.4, -0.2) is 5.16 Å². The zero-order valence-corrected chi connectivity index (χ0v) is 7.09. The smallest absolute Gasteiger partial charge is 0.170 e. The SMILES string of the molecule is [CH2]CCc1noc2cc(F)ccc12. The average Bonchev–Trinajstić information content (AvgIpc) is 2.49. The van der Waals surface area contributed by atoms with E-state index in [0.717, 1.165) is 23.9 Å². The molecule has 0 saturated carbocycles. The molecule has 0 aliphatic heterocycles. The van der Waals surface area contributed by atoms with Gasteiger partial charge in [0.2, 0.25) is 0 Å². The quantitative estimate of drug-likeness (QED) is 0.706. The number of fused-ring (bicyclic) bond motifs is 1. The van der Waals surface area contributed by atoms with Crippen LogP contribution in [0.1, 0.15) is 12.1 Å². The molecule has 0 spiro atoms. The van der Waals surface area contributed by atoms with Gasteiger partial charge < -0.3 is 4.52 Å². The molecule has 1 heterocycles. The molecule has 1 radical (unpaired) electrons. The van der Waals surface area contributed by atoms with Crippen LogP contribution in [-0.2, 0) is 6.42 Å². The van der Waals surface area contributed by atoms with E-state index in [-0.39, 0.29) is 5.82 Å². The highest BCUT2D eigenvalue weighted by molar-refractivity contribution is 5.79. The van der Waals surface area contributed by atoms with Gasteiger partial charge in [0, 0.05) is 11.5 Å². The van der Waals surface area contributed by atoms with Crippen molar-refractivity contribution in [2.24, 2.45) is 0 Å². The summed E-state index contributed by atoms with van der Waals surface area (Å²) >= 11 is 0. The summed E-state index contributed by atoms with van der Waals surface area (Å²) in [5.41, 5.74) is 1.36. The van der Waals surface area contributed by atoms with Gasteiger partial charge in [-0.05, 0) is 25.0 Å². The van der Waals surface area contributed by atoms with E-state index in [1.165, 1.54) is 12.1 Å². The maximum absolute atomic E-state index is 12.7. The molecule has 0 atom stereocenters. The Hall–Kier alpha value is -1.38. The van der Waals surface area contributed by atoms with Gasteiger partial charge in [-0.3, -0.25) is 0 Å². The fraction of sp³-hybridized carbons (Fsp3) is 0.200. The van der Waals surface area contributed by atoms with Crippen LogP contribution in [0.15, 0.2) is 22.7 Å². The Kier molecular flexibility index (Phi) is 2.00. The average molecular weight is 178 g/mol. The van der Waals surface area contributed by atoms with E-state index in [4.69, 9.17) is 4.52 Å². The number of nitrogens with zero attached hydrogens (tertiary/aromatic N) is 1. The van der Waals surface area contributed by atoms with Crippen LogP contribution < -0.4 is 0 Å². The minimum Gasteiger partial charge on any atom is -0.356 e. The second kappa shape index (κ2) is 3.17. The number of halogens is 1. The lowest BCUT2D eigenvalue weighted by atomic mass is 10.1. The molecule has 67 valence electrons. The summed E-state index contributed by atoms with van der Waals surface area (Å²) in [6.07, 6.45) is 1.53. The summed E-state index contributed by atoms with van der Waals surface area (Å²) in [4.78, 5) is 0. The van der Waals surface area contributed by atoms with Gasteiger partial charge >= 0.3 is 0 Å². The van der Waals surface area contributed by atoms with Crippen molar-refractivity contribution in [3.63, 3.8) is 0 Å². The standard InChI is InChI=1S/C10H9FNO/c1-2-3-9-8-5-4-7(11)6-10(8)13-12-9/h4-6H,1-3H2. The topological polar surface area (TPSA) is 26.0 Å². The largest absolute Gasteiger partial charge is 0.356 e. The van der Waals surface area contributed by atoms with Crippen LogP contribution in [0.5, 0.6) is 0 Å². The predicted molar refractivity (Wildman–Crippen MR) is 47.6 cm³/mol. The molecule has 0 saturated heterocycles. The normalized spacial score (nSPS) is 10.9. The van der Waals surface area contributed by atoms with E-state index >= 15 is 0 Å². The number of hydrogen-bond donors (Lipinski definition) is 0. The second-order valence-electron chi connectivity index (χ2n) is 2.87. The second-order valence-corrected chi connectivity index (χ2v) is 2.87. The van der Waals surface area contributed by atoms with Gasteiger partial charge in [-0.25, -0.2) is 4.39 Å². The maximum Gasteiger partial charge on any atom is 0.170 e. The number of aryl methyl sites for hydroxylation is 1. The highest BCUT2D eigenvalue weighted by Crippen LogP contribution is 2.20. The number of aromatic nitrogens is 1. The van der Waals surface area contributed by atoms with Crippen LogP contribution in [0, 0.1) is 12.7 Å². The number of hydrogen-bond acceptors (Lipinski definition) is 2. The fourth-order valence-corrected chi connectivity index (χ4v) is 1.31. The molecule has 3 heteroatoms. The first-order valence-electron chi connectivity index (χ1n) is 4.14. The summed E-state index contributed by atoms with van der Waals surface area (Å²) in [5.74, 6) is -0.301.